The van der Waals surface area contributed by atoms with Crippen LogP contribution in [0.2, 0.25) is 0 Å². The van der Waals surface area contributed by atoms with Crippen LogP contribution >= 0.6 is 35.3 Å². The van der Waals surface area contributed by atoms with Crippen LogP contribution in [-0.4, -0.2) is 31.0 Å². The maximum Gasteiger partial charge on any atom is 0.193 e. The first-order valence-corrected chi connectivity index (χ1v) is 7.96. The first-order chi connectivity index (χ1) is 9.10. The second kappa shape index (κ2) is 8.22. The molecule has 20 heavy (non-hydrogen) atoms. The number of halogens is 1. The van der Waals surface area contributed by atoms with Gasteiger partial charge in [0, 0.05) is 25.0 Å². The van der Waals surface area contributed by atoms with E-state index in [1.807, 2.05) is 18.4 Å². The summed E-state index contributed by atoms with van der Waals surface area (Å²) in [5, 5.41) is 5.66. The number of hydrogen-bond donors (Lipinski definition) is 1. The van der Waals surface area contributed by atoms with Gasteiger partial charge in [-0.2, -0.15) is 0 Å². The highest BCUT2D eigenvalue weighted by molar-refractivity contribution is 14.0. The van der Waals surface area contributed by atoms with E-state index in [4.69, 9.17) is 0 Å². The number of aliphatic imine (C=N–C) groups is 1. The number of aryl methyl sites for hydroxylation is 1. The van der Waals surface area contributed by atoms with Crippen molar-refractivity contribution in [3.05, 3.63) is 21.9 Å². The Balaban J connectivity index is 0.00000200. The van der Waals surface area contributed by atoms with Gasteiger partial charge in [0.25, 0.3) is 0 Å². The van der Waals surface area contributed by atoms with E-state index < -0.39 is 0 Å². The molecule has 2 unspecified atom stereocenters. The zero-order chi connectivity index (χ0) is 13.8. The van der Waals surface area contributed by atoms with Crippen LogP contribution in [0.25, 0.3) is 0 Å². The van der Waals surface area contributed by atoms with Crippen LogP contribution in [0.1, 0.15) is 30.7 Å². The van der Waals surface area contributed by atoms with Gasteiger partial charge in [-0.1, -0.05) is 13.8 Å². The summed E-state index contributed by atoms with van der Waals surface area (Å²) in [6.07, 6.45) is 1.33. The molecule has 1 aliphatic rings. The molecule has 0 aliphatic carbocycles. The largest absolute Gasteiger partial charge is 0.351 e. The summed E-state index contributed by atoms with van der Waals surface area (Å²) in [6.45, 7) is 9.95. The molecule has 0 bridgehead atoms. The van der Waals surface area contributed by atoms with Gasteiger partial charge in [-0.3, -0.25) is 4.99 Å². The number of nitrogens with one attached hydrogen (secondary N) is 1. The predicted octanol–water partition coefficient (Wildman–Crippen LogP) is 3.73. The highest BCUT2D eigenvalue weighted by atomic mass is 127. The molecule has 0 aromatic carbocycles. The lowest BCUT2D eigenvalue weighted by Gasteiger charge is -2.37. The molecule has 1 aromatic heterocycles. The lowest BCUT2D eigenvalue weighted by Crippen LogP contribution is -2.48. The molecule has 1 aliphatic heterocycles. The van der Waals surface area contributed by atoms with E-state index in [9.17, 15) is 0 Å². The van der Waals surface area contributed by atoms with E-state index >= 15 is 0 Å². The fourth-order valence-corrected chi connectivity index (χ4v) is 3.76. The molecule has 1 aromatic rings. The van der Waals surface area contributed by atoms with E-state index in [1.54, 1.807) is 0 Å². The Hall–Kier alpha value is -0.300. The van der Waals surface area contributed by atoms with Crippen molar-refractivity contribution in [3.63, 3.8) is 0 Å². The molecule has 1 N–H and O–H groups in total. The zero-order valence-electron chi connectivity index (χ0n) is 12.8. The smallest absolute Gasteiger partial charge is 0.193 e. The standard InChI is InChI=1S/C15H25N3S.HI/c1-11-7-12(2)10-18(9-11)15(16-4)17-8-14-13(3)5-6-19-14;/h5-6,11-12H,7-10H2,1-4H3,(H,16,17);1H. The molecule has 5 heteroatoms. The molecule has 2 rings (SSSR count). The molecule has 0 radical (unpaired) electrons. The van der Waals surface area contributed by atoms with Gasteiger partial charge < -0.3 is 10.2 Å². The maximum absolute atomic E-state index is 4.45. The summed E-state index contributed by atoms with van der Waals surface area (Å²) in [7, 11) is 1.88. The zero-order valence-corrected chi connectivity index (χ0v) is 16.0. The van der Waals surface area contributed by atoms with Crippen molar-refractivity contribution < 1.29 is 0 Å². The minimum atomic E-state index is 0. The van der Waals surface area contributed by atoms with Gasteiger partial charge in [-0.05, 0) is 42.2 Å². The summed E-state index contributed by atoms with van der Waals surface area (Å²) in [5.74, 6) is 2.56. The summed E-state index contributed by atoms with van der Waals surface area (Å²) >= 11 is 1.81. The van der Waals surface area contributed by atoms with Crippen LogP contribution in [0.3, 0.4) is 0 Å². The second-order valence-electron chi connectivity index (χ2n) is 5.78. The molecule has 1 fully saturated rings. The minimum Gasteiger partial charge on any atom is -0.351 e. The fourth-order valence-electron chi connectivity index (χ4n) is 2.91. The number of hydrogen-bond acceptors (Lipinski definition) is 2. The summed E-state index contributed by atoms with van der Waals surface area (Å²) in [6, 6.07) is 2.18. The van der Waals surface area contributed by atoms with Crippen molar-refractivity contribution in [1.82, 2.24) is 10.2 Å². The van der Waals surface area contributed by atoms with E-state index in [0.29, 0.717) is 0 Å². The average molecular weight is 407 g/mol. The number of thiophene rings is 1. The van der Waals surface area contributed by atoms with Crippen molar-refractivity contribution in [2.45, 2.75) is 33.7 Å². The Kier molecular flexibility index (Phi) is 7.29. The molecule has 3 nitrogen and oxygen atoms in total. The lowest BCUT2D eigenvalue weighted by molar-refractivity contribution is 0.208. The fraction of sp³-hybridized carbons (Fsp3) is 0.667. The van der Waals surface area contributed by atoms with Crippen molar-refractivity contribution in [3.8, 4) is 0 Å². The number of nitrogens with zero attached hydrogens (tertiary/aromatic N) is 2. The molecular formula is C15H26IN3S. The molecule has 1 saturated heterocycles. The van der Waals surface area contributed by atoms with Crippen LogP contribution in [-0.2, 0) is 6.54 Å². The third kappa shape index (κ3) is 4.62. The highest BCUT2D eigenvalue weighted by Gasteiger charge is 2.23. The minimum absolute atomic E-state index is 0. The first-order valence-electron chi connectivity index (χ1n) is 7.08. The van der Waals surface area contributed by atoms with Crippen LogP contribution in [0.5, 0.6) is 0 Å². The van der Waals surface area contributed by atoms with Crippen LogP contribution < -0.4 is 5.32 Å². The number of guanidine groups is 1. The highest BCUT2D eigenvalue weighted by Crippen LogP contribution is 2.21. The first kappa shape index (κ1) is 17.8. The Bertz CT molecular complexity index is 434. The predicted molar refractivity (Wildman–Crippen MR) is 99.2 cm³/mol. The maximum atomic E-state index is 4.45. The summed E-state index contributed by atoms with van der Waals surface area (Å²) in [5.41, 5.74) is 1.37. The topological polar surface area (TPSA) is 27.6 Å². The molecular weight excluding hydrogens is 381 g/mol. The van der Waals surface area contributed by atoms with Gasteiger partial charge in [0.05, 0.1) is 6.54 Å². The van der Waals surface area contributed by atoms with Gasteiger partial charge in [-0.15, -0.1) is 35.3 Å². The van der Waals surface area contributed by atoms with Crippen molar-refractivity contribution in [2.24, 2.45) is 16.8 Å². The van der Waals surface area contributed by atoms with Gasteiger partial charge in [-0.25, -0.2) is 0 Å². The lowest BCUT2D eigenvalue weighted by atomic mass is 9.92. The third-order valence-electron chi connectivity index (χ3n) is 3.76. The van der Waals surface area contributed by atoms with Gasteiger partial charge in [0.1, 0.15) is 0 Å². The Morgan fingerprint density at radius 3 is 2.55 bits per heavy atom. The van der Waals surface area contributed by atoms with E-state index in [1.165, 1.54) is 16.9 Å². The van der Waals surface area contributed by atoms with Crippen LogP contribution in [0, 0.1) is 18.8 Å². The van der Waals surface area contributed by atoms with E-state index in [2.05, 4.69) is 47.4 Å². The van der Waals surface area contributed by atoms with Crippen molar-refractivity contribution in [1.29, 1.82) is 0 Å². The molecule has 114 valence electrons. The van der Waals surface area contributed by atoms with Crippen LogP contribution in [0.15, 0.2) is 16.4 Å². The molecule has 2 heterocycles. The van der Waals surface area contributed by atoms with E-state index in [0.717, 1.165) is 37.4 Å². The van der Waals surface area contributed by atoms with Crippen molar-refractivity contribution >= 4 is 41.3 Å². The van der Waals surface area contributed by atoms with Gasteiger partial charge in [0.2, 0.25) is 0 Å². The SMILES string of the molecule is CN=C(NCc1sccc1C)N1CC(C)CC(C)C1.I. The Morgan fingerprint density at radius 1 is 1.40 bits per heavy atom. The van der Waals surface area contributed by atoms with Crippen LogP contribution in [0.4, 0.5) is 0 Å². The molecule has 0 spiro atoms. The van der Waals surface area contributed by atoms with Gasteiger partial charge >= 0.3 is 0 Å². The third-order valence-corrected chi connectivity index (χ3v) is 4.78. The van der Waals surface area contributed by atoms with Gasteiger partial charge in [0.15, 0.2) is 5.96 Å². The van der Waals surface area contributed by atoms with Crippen molar-refractivity contribution in [2.75, 3.05) is 20.1 Å². The molecule has 2 atom stereocenters. The molecule has 0 saturated carbocycles. The molecule has 0 amide bonds. The Morgan fingerprint density at radius 2 is 2.05 bits per heavy atom. The number of rotatable bonds is 2. The number of likely N-dealkylation sites (tertiary alicyclic amines) is 1. The Labute approximate surface area is 143 Å². The summed E-state index contributed by atoms with van der Waals surface area (Å²) in [4.78, 5) is 8.25. The monoisotopic (exact) mass is 407 g/mol. The second-order valence-corrected chi connectivity index (χ2v) is 6.78. The normalized spacial score (nSPS) is 23.4. The number of piperidine rings is 1. The quantitative estimate of drug-likeness (QED) is 0.460. The summed E-state index contributed by atoms with van der Waals surface area (Å²) < 4.78 is 0. The average Bonchev–Trinajstić information content (AvgIpc) is 2.75. The van der Waals surface area contributed by atoms with E-state index in [-0.39, 0.29) is 24.0 Å².